The van der Waals surface area contributed by atoms with Crippen molar-refractivity contribution in [2.45, 2.75) is 13.0 Å². The molecule has 2 rings (SSSR count). The van der Waals surface area contributed by atoms with Gasteiger partial charge in [0.2, 0.25) is 5.95 Å². The minimum Gasteiger partial charge on any atom is -0.339 e. The summed E-state index contributed by atoms with van der Waals surface area (Å²) in [6.07, 6.45) is 2.95. The molecule has 0 atom stereocenters. The van der Waals surface area contributed by atoms with Gasteiger partial charge in [0.25, 0.3) is 0 Å². The maximum Gasteiger partial charge on any atom is 0.225 e. The average molecular weight is 221 g/mol. The van der Waals surface area contributed by atoms with Gasteiger partial charge in [-0.2, -0.15) is 0 Å². The summed E-state index contributed by atoms with van der Waals surface area (Å²) in [6, 6.07) is 1.87. The minimum atomic E-state index is 0.475. The molecular formula is C11H19N5. The van der Waals surface area contributed by atoms with Gasteiger partial charge in [-0.3, -0.25) is 0 Å². The van der Waals surface area contributed by atoms with Crippen molar-refractivity contribution < 1.29 is 0 Å². The largest absolute Gasteiger partial charge is 0.339 e. The van der Waals surface area contributed by atoms with E-state index in [1.807, 2.05) is 6.07 Å². The van der Waals surface area contributed by atoms with Gasteiger partial charge in [0.1, 0.15) is 0 Å². The highest BCUT2D eigenvalue weighted by molar-refractivity contribution is 5.30. The number of nitrogens with two attached hydrogens (primary N) is 1. The van der Waals surface area contributed by atoms with Gasteiger partial charge in [0, 0.05) is 32.4 Å². The lowest BCUT2D eigenvalue weighted by atomic mass is 10.4. The SMILES string of the molecule is CN1CCCN(c2nccc(CN)n2)CC1. The zero-order valence-electron chi connectivity index (χ0n) is 9.76. The molecule has 0 radical (unpaired) electrons. The van der Waals surface area contributed by atoms with E-state index in [-0.39, 0.29) is 0 Å². The number of likely N-dealkylation sites (N-methyl/N-ethyl adjacent to an activating group) is 1. The zero-order valence-corrected chi connectivity index (χ0v) is 9.76. The van der Waals surface area contributed by atoms with Crippen molar-refractivity contribution in [2.75, 3.05) is 38.1 Å². The maximum atomic E-state index is 5.58. The van der Waals surface area contributed by atoms with Crippen molar-refractivity contribution in [2.24, 2.45) is 5.73 Å². The van der Waals surface area contributed by atoms with Gasteiger partial charge >= 0.3 is 0 Å². The lowest BCUT2D eigenvalue weighted by molar-refractivity contribution is 0.360. The second kappa shape index (κ2) is 5.23. The fourth-order valence-corrected chi connectivity index (χ4v) is 1.90. The Morgan fingerprint density at radius 1 is 1.31 bits per heavy atom. The fourth-order valence-electron chi connectivity index (χ4n) is 1.90. The molecule has 1 fully saturated rings. The van der Waals surface area contributed by atoms with Crippen LogP contribution in [0.25, 0.3) is 0 Å². The monoisotopic (exact) mass is 221 g/mol. The standard InChI is InChI=1S/C11H19N5/c1-15-5-2-6-16(8-7-15)11-13-4-3-10(9-12)14-11/h3-4H,2,5-9,12H2,1H3. The Kier molecular flexibility index (Phi) is 3.69. The predicted octanol–water partition coefficient (Wildman–Crippen LogP) is 0.0772. The van der Waals surface area contributed by atoms with E-state index in [9.17, 15) is 0 Å². The topological polar surface area (TPSA) is 58.3 Å². The van der Waals surface area contributed by atoms with E-state index in [0.717, 1.165) is 44.2 Å². The first kappa shape index (κ1) is 11.3. The third-order valence-electron chi connectivity index (χ3n) is 2.91. The summed E-state index contributed by atoms with van der Waals surface area (Å²) in [5, 5.41) is 0. The van der Waals surface area contributed by atoms with Gasteiger partial charge < -0.3 is 15.5 Å². The highest BCUT2D eigenvalue weighted by atomic mass is 15.3. The molecule has 1 aromatic heterocycles. The Balaban J connectivity index is 2.10. The molecule has 5 nitrogen and oxygen atoms in total. The Labute approximate surface area is 96.3 Å². The molecule has 1 saturated heterocycles. The second-order valence-corrected chi connectivity index (χ2v) is 4.20. The summed E-state index contributed by atoms with van der Waals surface area (Å²) in [4.78, 5) is 13.4. The molecule has 2 N–H and O–H groups in total. The molecule has 16 heavy (non-hydrogen) atoms. The molecule has 1 aromatic rings. The zero-order chi connectivity index (χ0) is 11.4. The molecule has 0 aliphatic carbocycles. The van der Waals surface area contributed by atoms with Crippen molar-refractivity contribution >= 4 is 5.95 Å². The molecular weight excluding hydrogens is 202 g/mol. The van der Waals surface area contributed by atoms with Crippen molar-refractivity contribution in [1.29, 1.82) is 0 Å². The van der Waals surface area contributed by atoms with Gasteiger partial charge in [-0.05, 0) is 26.1 Å². The quantitative estimate of drug-likeness (QED) is 0.766. The third-order valence-corrected chi connectivity index (χ3v) is 2.91. The number of nitrogens with zero attached hydrogens (tertiary/aromatic N) is 4. The third kappa shape index (κ3) is 2.68. The Morgan fingerprint density at radius 3 is 3.00 bits per heavy atom. The van der Waals surface area contributed by atoms with Gasteiger partial charge in [0.15, 0.2) is 0 Å². The Morgan fingerprint density at radius 2 is 2.19 bits per heavy atom. The fraction of sp³-hybridized carbons (Fsp3) is 0.636. The number of aromatic nitrogens is 2. The van der Waals surface area contributed by atoms with Crippen LogP contribution in [0.4, 0.5) is 5.95 Å². The summed E-state index contributed by atoms with van der Waals surface area (Å²) in [6.45, 7) is 4.70. The van der Waals surface area contributed by atoms with E-state index in [4.69, 9.17) is 5.73 Å². The van der Waals surface area contributed by atoms with Crippen LogP contribution in [0.5, 0.6) is 0 Å². The predicted molar refractivity (Wildman–Crippen MR) is 64.3 cm³/mol. The number of rotatable bonds is 2. The first-order valence-electron chi connectivity index (χ1n) is 5.75. The molecule has 0 amide bonds. The lowest BCUT2D eigenvalue weighted by Gasteiger charge is -2.20. The van der Waals surface area contributed by atoms with Crippen LogP contribution in [0.3, 0.4) is 0 Å². The van der Waals surface area contributed by atoms with Gasteiger partial charge in [-0.15, -0.1) is 0 Å². The minimum absolute atomic E-state index is 0.475. The molecule has 0 bridgehead atoms. The Bertz CT molecular complexity index is 341. The molecule has 1 aliphatic rings. The number of hydrogen-bond donors (Lipinski definition) is 1. The second-order valence-electron chi connectivity index (χ2n) is 4.20. The normalized spacial score (nSPS) is 18.5. The summed E-state index contributed by atoms with van der Waals surface area (Å²) in [5.74, 6) is 0.818. The maximum absolute atomic E-state index is 5.58. The molecule has 0 aromatic carbocycles. The van der Waals surface area contributed by atoms with Crippen LogP contribution in [-0.4, -0.2) is 48.1 Å². The van der Waals surface area contributed by atoms with Crippen molar-refractivity contribution in [1.82, 2.24) is 14.9 Å². The van der Waals surface area contributed by atoms with Crippen molar-refractivity contribution in [3.8, 4) is 0 Å². The first-order valence-corrected chi connectivity index (χ1v) is 5.75. The van der Waals surface area contributed by atoms with E-state index in [1.54, 1.807) is 6.20 Å². The lowest BCUT2D eigenvalue weighted by Crippen LogP contribution is -2.30. The summed E-state index contributed by atoms with van der Waals surface area (Å²) in [5.41, 5.74) is 6.49. The summed E-state index contributed by atoms with van der Waals surface area (Å²) in [7, 11) is 2.15. The van der Waals surface area contributed by atoms with E-state index >= 15 is 0 Å². The highest BCUT2D eigenvalue weighted by Crippen LogP contribution is 2.10. The van der Waals surface area contributed by atoms with E-state index in [0.29, 0.717) is 6.54 Å². The Hall–Kier alpha value is -1.20. The molecule has 1 aliphatic heterocycles. The molecule has 88 valence electrons. The van der Waals surface area contributed by atoms with E-state index < -0.39 is 0 Å². The van der Waals surface area contributed by atoms with Crippen LogP contribution in [0.2, 0.25) is 0 Å². The molecule has 5 heteroatoms. The van der Waals surface area contributed by atoms with Crippen molar-refractivity contribution in [3.05, 3.63) is 18.0 Å². The number of hydrogen-bond acceptors (Lipinski definition) is 5. The van der Waals surface area contributed by atoms with Gasteiger partial charge in [-0.25, -0.2) is 9.97 Å². The molecule has 0 spiro atoms. The first-order chi connectivity index (χ1) is 7.79. The number of anilines is 1. The van der Waals surface area contributed by atoms with Crippen LogP contribution >= 0.6 is 0 Å². The molecule has 0 saturated carbocycles. The molecule has 0 unspecified atom stereocenters. The van der Waals surface area contributed by atoms with Crippen LogP contribution in [-0.2, 0) is 6.54 Å². The van der Waals surface area contributed by atoms with Crippen LogP contribution < -0.4 is 10.6 Å². The molecule has 2 heterocycles. The summed E-state index contributed by atoms with van der Waals surface area (Å²) < 4.78 is 0. The average Bonchev–Trinajstić information content (AvgIpc) is 2.54. The van der Waals surface area contributed by atoms with Crippen LogP contribution in [0, 0.1) is 0 Å². The van der Waals surface area contributed by atoms with Crippen LogP contribution in [0.1, 0.15) is 12.1 Å². The van der Waals surface area contributed by atoms with E-state index in [2.05, 4.69) is 26.8 Å². The highest BCUT2D eigenvalue weighted by Gasteiger charge is 2.14. The van der Waals surface area contributed by atoms with Crippen molar-refractivity contribution in [3.63, 3.8) is 0 Å². The smallest absolute Gasteiger partial charge is 0.225 e. The van der Waals surface area contributed by atoms with Gasteiger partial charge in [0.05, 0.1) is 5.69 Å². The van der Waals surface area contributed by atoms with E-state index in [1.165, 1.54) is 0 Å². The van der Waals surface area contributed by atoms with Gasteiger partial charge in [-0.1, -0.05) is 0 Å². The van der Waals surface area contributed by atoms with Crippen LogP contribution in [0.15, 0.2) is 12.3 Å². The summed E-state index contributed by atoms with van der Waals surface area (Å²) >= 11 is 0.